The molecule has 7 heteroatoms. The number of carbonyl (C=O) groups is 1. The SMILES string of the molecule is C[C@@H](CCON[N+](=O)N(C)C(C)(C)C)CC(=O)O. The average Bonchev–Trinajstić information content (AvgIpc) is 2.20. The highest BCUT2D eigenvalue weighted by atomic mass is 16.7. The van der Waals surface area contributed by atoms with Crippen LogP contribution in [-0.4, -0.2) is 40.3 Å². The minimum atomic E-state index is -0.826. The highest BCUT2D eigenvalue weighted by Crippen LogP contribution is 2.09. The molecule has 18 heavy (non-hydrogen) atoms. The lowest BCUT2D eigenvalue weighted by molar-refractivity contribution is -0.795. The van der Waals surface area contributed by atoms with Gasteiger partial charge < -0.3 is 5.11 Å². The fourth-order valence-corrected chi connectivity index (χ4v) is 1.09. The first-order valence-corrected chi connectivity index (χ1v) is 5.94. The van der Waals surface area contributed by atoms with Crippen LogP contribution in [0.1, 0.15) is 40.5 Å². The predicted molar refractivity (Wildman–Crippen MR) is 66.3 cm³/mol. The largest absolute Gasteiger partial charge is 0.481 e. The molecule has 106 valence electrons. The van der Waals surface area contributed by atoms with Gasteiger partial charge in [-0.2, -0.15) is 0 Å². The summed E-state index contributed by atoms with van der Waals surface area (Å²) < 4.78 is 0. The van der Waals surface area contributed by atoms with Crippen molar-refractivity contribution in [2.24, 2.45) is 5.92 Å². The first-order valence-electron chi connectivity index (χ1n) is 5.94. The van der Waals surface area contributed by atoms with E-state index in [2.05, 4.69) is 5.59 Å². The number of hydrogen-bond acceptors (Lipinski definition) is 3. The Labute approximate surface area is 108 Å². The van der Waals surface area contributed by atoms with Gasteiger partial charge >= 0.3 is 5.97 Å². The van der Waals surface area contributed by atoms with Crippen LogP contribution in [0.15, 0.2) is 0 Å². The van der Waals surface area contributed by atoms with E-state index in [1.807, 2.05) is 27.7 Å². The average molecular weight is 262 g/mol. The van der Waals surface area contributed by atoms with Crippen LogP contribution in [0.25, 0.3) is 0 Å². The Balaban J connectivity index is 3.79. The highest BCUT2D eigenvalue weighted by molar-refractivity contribution is 5.66. The molecule has 0 heterocycles. The summed E-state index contributed by atoms with van der Waals surface area (Å²) in [5, 5.41) is 10.0. The topological polar surface area (TPSA) is 81.9 Å². The van der Waals surface area contributed by atoms with E-state index in [1.54, 1.807) is 7.05 Å². The second-order valence-electron chi connectivity index (χ2n) is 5.40. The van der Waals surface area contributed by atoms with Crippen molar-refractivity contribution in [2.75, 3.05) is 13.7 Å². The van der Waals surface area contributed by atoms with Crippen LogP contribution in [0.2, 0.25) is 0 Å². The van der Waals surface area contributed by atoms with Crippen molar-refractivity contribution >= 4 is 5.97 Å². The molecule has 0 aromatic rings. The van der Waals surface area contributed by atoms with Gasteiger partial charge in [0.1, 0.15) is 0 Å². The maximum atomic E-state index is 11.5. The number of hydrazine groups is 2. The fourth-order valence-electron chi connectivity index (χ4n) is 1.09. The maximum absolute atomic E-state index is 11.5. The molecule has 0 bridgehead atoms. The van der Waals surface area contributed by atoms with Gasteiger partial charge in [-0.05, 0) is 33.1 Å². The molecular weight excluding hydrogens is 238 g/mol. The van der Waals surface area contributed by atoms with Crippen LogP contribution in [0.4, 0.5) is 0 Å². The molecule has 0 rings (SSSR count). The Kier molecular flexibility index (Phi) is 6.61. The third kappa shape index (κ3) is 7.05. The van der Waals surface area contributed by atoms with Crippen LogP contribution >= 0.6 is 0 Å². The summed E-state index contributed by atoms with van der Waals surface area (Å²) in [5.41, 5.74) is 1.94. The number of carboxylic acid groups (broad SMARTS) is 1. The van der Waals surface area contributed by atoms with E-state index in [0.717, 1.165) is 0 Å². The van der Waals surface area contributed by atoms with Crippen molar-refractivity contribution in [3.05, 3.63) is 4.91 Å². The van der Waals surface area contributed by atoms with Gasteiger partial charge in [-0.3, -0.25) is 4.79 Å². The van der Waals surface area contributed by atoms with Gasteiger partial charge in [-0.1, -0.05) is 6.92 Å². The molecule has 0 saturated heterocycles. The monoisotopic (exact) mass is 262 g/mol. The predicted octanol–water partition coefficient (Wildman–Crippen LogP) is 1.35. The first-order chi connectivity index (χ1) is 8.14. The minimum absolute atomic E-state index is 0.0183. The number of hydrogen-bond donors (Lipinski definition) is 2. The van der Waals surface area contributed by atoms with Crippen LogP contribution in [0.3, 0.4) is 0 Å². The molecule has 0 aromatic heterocycles. The molecule has 0 aliphatic rings. The molecule has 0 radical (unpaired) electrons. The molecule has 2 N–H and O–H groups in total. The summed E-state index contributed by atoms with van der Waals surface area (Å²) in [7, 11) is 1.65. The highest BCUT2D eigenvalue weighted by Gasteiger charge is 2.29. The summed E-state index contributed by atoms with van der Waals surface area (Å²) in [4.78, 5) is 27.5. The summed E-state index contributed by atoms with van der Waals surface area (Å²) in [6, 6.07) is 0. The molecule has 0 aromatic carbocycles. The number of aliphatic carboxylic acids is 1. The summed E-state index contributed by atoms with van der Waals surface area (Å²) in [6.45, 7) is 7.80. The molecule has 0 fully saturated rings. The second-order valence-corrected chi connectivity index (χ2v) is 5.40. The standard InChI is InChI=1S/C11H23N3O4/c1-9(8-10(15)16)6-7-18-12-14(17)13(5)11(2,3)4/h9H,6-8H2,1-5H3,(H-,12,15,16,17)/p+1/t9-/m0/s1. The molecule has 7 nitrogen and oxygen atoms in total. The smallest absolute Gasteiger partial charge is 0.303 e. The molecule has 0 spiro atoms. The Morgan fingerprint density at radius 1 is 1.50 bits per heavy atom. The van der Waals surface area contributed by atoms with Crippen molar-refractivity contribution < 1.29 is 19.7 Å². The van der Waals surface area contributed by atoms with Crippen molar-refractivity contribution in [3.8, 4) is 0 Å². The molecule has 1 atom stereocenters. The van der Waals surface area contributed by atoms with E-state index < -0.39 is 5.97 Å². The van der Waals surface area contributed by atoms with Crippen LogP contribution in [-0.2, 0) is 9.63 Å². The lowest BCUT2D eigenvalue weighted by Gasteiger charge is -2.22. The van der Waals surface area contributed by atoms with Gasteiger partial charge in [0.05, 0.1) is 24.1 Å². The summed E-state index contributed by atoms with van der Waals surface area (Å²) >= 11 is 0. The van der Waals surface area contributed by atoms with E-state index in [9.17, 15) is 9.70 Å². The molecule has 0 aliphatic carbocycles. The van der Waals surface area contributed by atoms with E-state index in [0.29, 0.717) is 11.4 Å². The lowest BCUT2D eigenvalue weighted by Crippen LogP contribution is -2.49. The van der Waals surface area contributed by atoms with E-state index in [4.69, 9.17) is 9.94 Å². The molecular formula is C11H24N3O4+. The third-order valence-corrected chi connectivity index (χ3v) is 2.62. The third-order valence-electron chi connectivity index (χ3n) is 2.62. The number of nitrogens with one attached hydrogen (secondary N) is 1. The summed E-state index contributed by atoms with van der Waals surface area (Å²) in [5.74, 6) is -0.807. The zero-order valence-electron chi connectivity index (χ0n) is 11.8. The number of rotatable bonds is 8. The van der Waals surface area contributed by atoms with Crippen molar-refractivity contribution in [3.63, 3.8) is 0 Å². The van der Waals surface area contributed by atoms with Crippen molar-refractivity contribution in [2.45, 2.75) is 46.1 Å². The lowest BCUT2D eigenvalue weighted by atomic mass is 10.1. The van der Waals surface area contributed by atoms with Gasteiger partial charge in [-0.15, -0.1) is 5.01 Å². The number of nitroso groups, excluding NO2 is 1. The Bertz CT molecular complexity index is 289. The molecule has 0 unspecified atom stereocenters. The molecule has 0 saturated carbocycles. The zero-order valence-corrected chi connectivity index (χ0v) is 11.8. The van der Waals surface area contributed by atoms with Crippen LogP contribution in [0, 0.1) is 10.8 Å². The number of nitrogens with zero attached hydrogens (tertiary/aromatic N) is 2. The molecule has 0 amide bonds. The van der Waals surface area contributed by atoms with Gasteiger partial charge in [0.25, 0.3) is 4.98 Å². The quantitative estimate of drug-likeness (QED) is 0.390. The number of carboxylic acids is 1. The Morgan fingerprint density at radius 2 is 2.06 bits per heavy atom. The van der Waals surface area contributed by atoms with Crippen LogP contribution in [0.5, 0.6) is 0 Å². The molecule has 0 aliphatic heterocycles. The van der Waals surface area contributed by atoms with E-state index >= 15 is 0 Å². The van der Waals surface area contributed by atoms with Crippen LogP contribution < -0.4 is 5.59 Å². The van der Waals surface area contributed by atoms with Gasteiger partial charge in [-0.25, -0.2) is 4.84 Å². The maximum Gasteiger partial charge on any atom is 0.303 e. The van der Waals surface area contributed by atoms with E-state index in [1.165, 1.54) is 5.01 Å². The zero-order chi connectivity index (χ0) is 14.3. The first kappa shape index (κ1) is 16.6. The van der Waals surface area contributed by atoms with Gasteiger partial charge in [0.2, 0.25) is 0 Å². The Morgan fingerprint density at radius 3 is 2.50 bits per heavy atom. The second kappa shape index (κ2) is 7.15. The van der Waals surface area contributed by atoms with Crippen molar-refractivity contribution in [1.29, 1.82) is 0 Å². The Hall–Kier alpha value is -1.37. The van der Waals surface area contributed by atoms with Crippen molar-refractivity contribution in [1.82, 2.24) is 10.6 Å². The normalized spacial score (nSPS) is 12.9. The fraction of sp³-hybridized carbons (Fsp3) is 0.909. The minimum Gasteiger partial charge on any atom is -0.481 e. The summed E-state index contributed by atoms with van der Waals surface area (Å²) in [6.07, 6.45) is 0.679. The van der Waals surface area contributed by atoms with Gasteiger partial charge in [0.15, 0.2) is 0 Å². The van der Waals surface area contributed by atoms with Gasteiger partial charge in [0, 0.05) is 12.0 Å². The van der Waals surface area contributed by atoms with E-state index in [-0.39, 0.29) is 24.5 Å².